The standard InChI is InChI=1S/C19H34N3P/c1-4-10-20-17(7-1)13-16-14-18-8-2-5-11-21(18)23(20)22-12-6-3-9-19(22)15-16/h16-19H,1-15H2. The molecule has 6 aliphatic rings. The average molecular weight is 335 g/mol. The molecule has 3 nitrogen and oxygen atoms in total. The lowest BCUT2D eigenvalue weighted by molar-refractivity contribution is 0.0750. The minimum Gasteiger partial charge on any atom is -0.254 e. The number of rotatable bonds is 0. The van der Waals surface area contributed by atoms with Crippen LogP contribution in [-0.4, -0.2) is 51.8 Å². The van der Waals surface area contributed by atoms with Gasteiger partial charge in [-0.15, -0.1) is 0 Å². The summed E-state index contributed by atoms with van der Waals surface area (Å²) in [4.78, 5) is 0. The van der Waals surface area contributed by atoms with Crippen LogP contribution in [-0.2, 0) is 0 Å². The van der Waals surface area contributed by atoms with Crippen LogP contribution in [0.4, 0.5) is 0 Å². The van der Waals surface area contributed by atoms with Crippen LogP contribution in [0.2, 0.25) is 0 Å². The Labute approximate surface area is 143 Å². The van der Waals surface area contributed by atoms with Crippen molar-refractivity contribution < 1.29 is 0 Å². The lowest BCUT2D eigenvalue weighted by Crippen LogP contribution is -2.56. The van der Waals surface area contributed by atoms with Gasteiger partial charge in [0.25, 0.3) is 0 Å². The van der Waals surface area contributed by atoms with Crippen LogP contribution >= 0.6 is 8.37 Å². The first-order valence-corrected chi connectivity index (χ1v) is 11.7. The summed E-state index contributed by atoms with van der Waals surface area (Å²) in [6, 6.07) is 2.77. The molecule has 23 heavy (non-hydrogen) atoms. The van der Waals surface area contributed by atoms with E-state index in [-0.39, 0.29) is 8.37 Å². The summed E-state index contributed by atoms with van der Waals surface area (Å²) in [5.41, 5.74) is 0. The Morgan fingerprint density at radius 1 is 0.522 bits per heavy atom. The van der Waals surface area contributed by atoms with E-state index in [4.69, 9.17) is 0 Å². The molecule has 3 unspecified atom stereocenters. The number of hydrogen-bond donors (Lipinski definition) is 0. The van der Waals surface area contributed by atoms with Crippen molar-refractivity contribution >= 4 is 8.37 Å². The normalized spacial score (nSPS) is 46.2. The predicted molar refractivity (Wildman–Crippen MR) is 97.3 cm³/mol. The third-order valence-electron chi connectivity index (χ3n) is 7.29. The van der Waals surface area contributed by atoms with Gasteiger partial charge in [0.15, 0.2) is 0 Å². The molecule has 0 radical (unpaired) electrons. The molecular weight excluding hydrogens is 301 g/mol. The highest BCUT2D eigenvalue weighted by atomic mass is 31.2. The molecule has 0 saturated carbocycles. The number of hydrogen-bond acceptors (Lipinski definition) is 3. The first kappa shape index (κ1) is 15.6. The zero-order valence-electron chi connectivity index (χ0n) is 14.7. The summed E-state index contributed by atoms with van der Waals surface area (Å²) in [5.74, 6) is 1.01. The third kappa shape index (κ3) is 2.80. The molecule has 6 fully saturated rings. The molecule has 6 rings (SSSR count). The van der Waals surface area contributed by atoms with Crippen molar-refractivity contribution in [2.24, 2.45) is 5.92 Å². The third-order valence-corrected chi connectivity index (χ3v) is 10.3. The quantitative estimate of drug-likeness (QED) is 0.600. The Morgan fingerprint density at radius 2 is 0.913 bits per heavy atom. The van der Waals surface area contributed by atoms with Crippen LogP contribution in [0.3, 0.4) is 0 Å². The predicted octanol–water partition coefficient (Wildman–Crippen LogP) is 4.59. The second-order valence-corrected chi connectivity index (χ2v) is 10.9. The van der Waals surface area contributed by atoms with Crippen LogP contribution in [0.5, 0.6) is 0 Å². The van der Waals surface area contributed by atoms with Gasteiger partial charge in [-0.1, -0.05) is 19.3 Å². The first-order chi connectivity index (χ1) is 11.4. The van der Waals surface area contributed by atoms with E-state index >= 15 is 0 Å². The fraction of sp³-hybridized carbons (Fsp3) is 1.00. The maximum Gasteiger partial charge on any atom is 0.121 e. The first-order valence-electron chi connectivity index (χ1n) is 10.5. The van der Waals surface area contributed by atoms with E-state index in [9.17, 15) is 0 Å². The smallest absolute Gasteiger partial charge is 0.121 e. The van der Waals surface area contributed by atoms with Crippen molar-refractivity contribution in [2.45, 2.75) is 95.2 Å². The van der Waals surface area contributed by atoms with E-state index < -0.39 is 0 Å². The topological polar surface area (TPSA) is 9.72 Å². The molecule has 6 saturated heterocycles. The Hall–Kier alpha value is 0.310. The average Bonchev–Trinajstić information content (AvgIpc) is 2.55. The van der Waals surface area contributed by atoms with E-state index in [0.29, 0.717) is 0 Å². The zero-order valence-corrected chi connectivity index (χ0v) is 15.6. The minimum atomic E-state index is -0.150. The molecule has 3 atom stereocenters. The highest BCUT2D eigenvalue weighted by Crippen LogP contribution is 2.60. The van der Waals surface area contributed by atoms with Gasteiger partial charge in [0.05, 0.1) is 0 Å². The molecular formula is C19H34N3P. The molecule has 6 aliphatic heterocycles. The number of nitrogens with zero attached hydrogens (tertiary/aromatic N) is 3. The Balaban J connectivity index is 1.54. The van der Waals surface area contributed by atoms with Crippen LogP contribution in [0.25, 0.3) is 0 Å². The summed E-state index contributed by atoms with van der Waals surface area (Å²) < 4.78 is 9.17. The second-order valence-electron chi connectivity index (χ2n) is 8.78. The van der Waals surface area contributed by atoms with Crippen molar-refractivity contribution in [1.29, 1.82) is 0 Å². The molecule has 2 bridgehead atoms. The largest absolute Gasteiger partial charge is 0.254 e. The van der Waals surface area contributed by atoms with Gasteiger partial charge in [-0.2, -0.15) is 0 Å². The highest BCUT2D eigenvalue weighted by molar-refractivity contribution is 7.50. The Kier molecular flexibility index (Phi) is 4.43. The van der Waals surface area contributed by atoms with Crippen LogP contribution < -0.4 is 0 Å². The number of piperidine rings is 3. The van der Waals surface area contributed by atoms with Crippen molar-refractivity contribution in [3.8, 4) is 0 Å². The van der Waals surface area contributed by atoms with Crippen LogP contribution in [0, 0.1) is 5.92 Å². The van der Waals surface area contributed by atoms with E-state index in [0.717, 1.165) is 24.0 Å². The Bertz CT molecular complexity index is 369. The SMILES string of the molecule is C1CCN2C(C1)CC1CC3CCCCN3P2N2CCCCC2C1. The monoisotopic (exact) mass is 335 g/mol. The van der Waals surface area contributed by atoms with Gasteiger partial charge < -0.3 is 0 Å². The molecule has 6 heterocycles. The van der Waals surface area contributed by atoms with Crippen molar-refractivity contribution in [3.63, 3.8) is 0 Å². The fourth-order valence-electron chi connectivity index (χ4n) is 6.27. The van der Waals surface area contributed by atoms with Gasteiger partial charge in [0.2, 0.25) is 0 Å². The maximum atomic E-state index is 3.06. The van der Waals surface area contributed by atoms with E-state index in [1.54, 1.807) is 0 Å². The molecule has 130 valence electrons. The van der Waals surface area contributed by atoms with Gasteiger partial charge in [0.1, 0.15) is 8.37 Å². The lowest BCUT2D eigenvalue weighted by atomic mass is 9.82. The van der Waals surface area contributed by atoms with Gasteiger partial charge in [0, 0.05) is 37.8 Å². The molecule has 0 aromatic carbocycles. The molecule has 0 aromatic heterocycles. The van der Waals surface area contributed by atoms with Gasteiger partial charge in [-0.25, -0.2) is 0 Å². The summed E-state index contributed by atoms with van der Waals surface area (Å²) in [5, 5.41) is 0. The Morgan fingerprint density at radius 3 is 1.30 bits per heavy atom. The molecule has 0 aromatic rings. The summed E-state index contributed by atoms with van der Waals surface area (Å²) >= 11 is 0. The van der Waals surface area contributed by atoms with E-state index in [1.165, 1.54) is 96.7 Å². The zero-order chi connectivity index (χ0) is 15.2. The van der Waals surface area contributed by atoms with Gasteiger partial charge >= 0.3 is 0 Å². The van der Waals surface area contributed by atoms with Crippen LogP contribution in [0.1, 0.15) is 77.0 Å². The molecule has 0 amide bonds. The summed E-state index contributed by atoms with van der Waals surface area (Å²) in [6.07, 6.45) is 17.9. The van der Waals surface area contributed by atoms with E-state index in [1.807, 2.05) is 0 Å². The lowest BCUT2D eigenvalue weighted by Gasteiger charge is -2.59. The molecule has 0 spiro atoms. The second kappa shape index (κ2) is 6.56. The highest BCUT2D eigenvalue weighted by Gasteiger charge is 2.48. The van der Waals surface area contributed by atoms with Crippen molar-refractivity contribution in [2.75, 3.05) is 19.6 Å². The molecule has 0 N–H and O–H groups in total. The summed E-state index contributed by atoms with van der Waals surface area (Å²) in [7, 11) is -0.150. The van der Waals surface area contributed by atoms with Crippen molar-refractivity contribution in [1.82, 2.24) is 14.0 Å². The molecule has 4 heteroatoms. The van der Waals surface area contributed by atoms with Crippen LogP contribution in [0.15, 0.2) is 0 Å². The molecule has 0 aliphatic carbocycles. The maximum absolute atomic E-state index is 3.06. The van der Waals surface area contributed by atoms with Gasteiger partial charge in [-0.05, 0) is 63.7 Å². The van der Waals surface area contributed by atoms with Gasteiger partial charge in [-0.3, -0.25) is 14.0 Å². The minimum absolute atomic E-state index is 0.150. The fourth-order valence-corrected chi connectivity index (χ4v) is 9.62. The summed E-state index contributed by atoms with van der Waals surface area (Å²) in [6.45, 7) is 4.20. The van der Waals surface area contributed by atoms with Crippen molar-refractivity contribution in [3.05, 3.63) is 0 Å². The van der Waals surface area contributed by atoms with E-state index in [2.05, 4.69) is 14.0 Å².